The van der Waals surface area contributed by atoms with Crippen molar-refractivity contribution in [3.63, 3.8) is 0 Å². The average molecular weight is 741 g/mol. The van der Waals surface area contributed by atoms with Gasteiger partial charge in [-0.3, -0.25) is 0 Å². The highest BCUT2D eigenvalue weighted by Crippen LogP contribution is 2.65. The Balaban J connectivity index is 1.15. The number of nitrogens with zero attached hydrogens (tertiary/aromatic N) is 2. The van der Waals surface area contributed by atoms with Crippen LogP contribution in [0.1, 0.15) is 22.3 Å². The number of furan rings is 1. The van der Waals surface area contributed by atoms with E-state index in [0.717, 1.165) is 56.1 Å². The molecule has 0 saturated carbocycles. The van der Waals surface area contributed by atoms with Crippen LogP contribution in [0.3, 0.4) is 0 Å². The number of fused-ring (bicyclic) bond motifs is 13. The third kappa shape index (κ3) is 4.56. The van der Waals surface area contributed by atoms with Crippen LogP contribution in [0.25, 0.3) is 44.2 Å². The van der Waals surface area contributed by atoms with E-state index in [4.69, 9.17) is 4.42 Å². The Hall–Kier alpha value is -7.62. The highest BCUT2D eigenvalue weighted by molar-refractivity contribution is 6.10. The number of hydrogen-bond donors (Lipinski definition) is 0. The van der Waals surface area contributed by atoms with Gasteiger partial charge in [0, 0.05) is 39.1 Å². The van der Waals surface area contributed by atoms with Crippen molar-refractivity contribution in [1.29, 1.82) is 0 Å². The van der Waals surface area contributed by atoms with Crippen molar-refractivity contribution >= 4 is 56.1 Å². The molecule has 12 rings (SSSR count). The van der Waals surface area contributed by atoms with Gasteiger partial charge in [0.05, 0.1) is 16.8 Å². The summed E-state index contributed by atoms with van der Waals surface area (Å²) in [5.41, 5.74) is 17.9. The van der Waals surface area contributed by atoms with Crippen LogP contribution in [0, 0.1) is 0 Å². The molecule has 1 spiro atoms. The fourth-order valence-electron chi connectivity index (χ4n) is 9.98. The summed E-state index contributed by atoms with van der Waals surface area (Å²) < 4.78 is 6.70. The molecule has 1 aromatic heterocycles. The van der Waals surface area contributed by atoms with E-state index < -0.39 is 5.41 Å². The third-order valence-electron chi connectivity index (χ3n) is 12.2. The van der Waals surface area contributed by atoms with E-state index in [1.807, 2.05) is 6.07 Å². The van der Waals surface area contributed by atoms with Gasteiger partial charge in [-0.15, -0.1) is 0 Å². The minimum Gasteiger partial charge on any atom is -0.454 e. The normalized spacial score (nSPS) is 14.6. The van der Waals surface area contributed by atoms with Gasteiger partial charge in [0.2, 0.25) is 0 Å². The van der Waals surface area contributed by atoms with Gasteiger partial charge in [0.25, 0.3) is 0 Å². The van der Waals surface area contributed by atoms with Gasteiger partial charge in [-0.2, -0.15) is 0 Å². The summed E-state index contributed by atoms with van der Waals surface area (Å²) in [5.74, 6) is 0. The average Bonchev–Trinajstić information content (AvgIpc) is 3.93. The van der Waals surface area contributed by atoms with Crippen LogP contribution in [-0.4, -0.2) is 0 Å². The van der Waals surface area contributed by atoms with Crippen LogP contribution in [0.15, 0.2) is 223 Å². The van der Waals surface area contributed by atoms with Crippen molar-refractivity contribution in [2.24, 2.45) is 0 Å². The van der Waals surface area contributed by atoms with Crippen LogP contribution in [0.5, 0.6) is 0 Å². The Morgan fingerprint density at radius 2 is 0.828 bits per heavy atom. The standard InChI is InChI=1S/C55H36N2O/c1-4-18-37(19-5-1)56(38-20-6-2-7-21-38)50-31-17-30-48-53(50)45-26-11-14-29-47(45)55(48)46-28-13-10-24-41(46)42-35-34-40(36-49(42)55)57(39-22-8-3-9-23-39)51-32-16-27-44-43-25-12-15-33-52(43)58-54(44)51/h1-36H. The molecule has 0 aliphatic heterocycles. The van der Waals surface area contributed by atoms with Crippen LogP contribution < -0.4 is 9.80 Å². The molecule has 0 amide bonds. The van der Waals surface area contributed by atoms with Crippen LogP contribution >= 0.6 is 0 Å². The van der Waals surface area contributed by atoms with Gasteiger partial charge in [-0.25, -0.2) is 0 Å². The molecule has 9 aromatic carbocycles. The molecule has 0 N–H and O–H groups in total. The molecule has 0 saturated heterocycles. The summed E-state index contributed by atoms with van der Waals surface area (Å²) in [6.45, 7) is 0. The van der Waals surface area contributed by atoms with E-state index in [2.05, 4.69) is 222 Å². The molecule has 3 heteroatoms. The SMILES string of the molecule is c1ccc(N(c2ccccc2)c2cccc3c2-c2ccccc2C32c3ccccc3-c3ccc(N(c4ccccc4)c4cccc5c4oc4ccccc45)cc32)cc1. The molecule has 2 aliphatic rings. The first-order chi connectivity index (χ1) is 28.8. The number of para-hydroxylation sites is 5. The number of hydrogen-bond acceptors (Lipinski definition) is 3. The van der Waals surface area contributed by atoms with E-state index in [0.29, 0.717) is 0 Å². The summed E-state index contributed by atoms with van der Waals surface area (Å²) in [5, 5.41) is 2.22. The van der Waals surface area contributed by atoms with Crippen LogP contribution in [0.4, 0.5) is 34.1 Å². The lowest BCUT2D eigenvalue weighted by atomic mass is 9.70. The molecule has 0 radical (unpaired) electrons. The molecule has 2 aliphatic carbocycles. The molecule has 0 fully saturated rings. The molecular weight excluding hydrogens is 705 g/mol. The van der Waals surface area contributed by atoms with Gasteiger partial charge in [-0.05, 0) is 106 Å². The number of anilines is 6. The molecular formula is C55H36N2O. The van der Waals surface area contributed by atoms with E-state index in [9.17, 15) is 0 Å². The Kier molecular flexibility index (Phi) is 7.14. The summed E-state index contributed by atoms with van der Waals surface area (Å²) in [6, 6.07) is 79.1. The van der Waals surface area contributed by atoms with Gasteiger partial charge >= 0.3 is 0 Å². The fourth-order valence-corrected chi connectivity index (χ4v) is 9.98. The Morgan fingerprint density at radius 1 is 0.328 bits per heavy atom. The second-order valence-corrected chi connectivity index (χ2v) is 15.2. The van der Waals surface area contributed by atoms with Crippen molar-refractivity contribution in [3.05, 3.63) is 241 Å². The van der Waals surface area contributed by atoms with E-state index >= 15 is 0 Å². The topological polar surface area (TPSA) is 19.6 Å². The van der Waals surface area contributed by atoms with Gasteiger partial charge < -0.3 is 14.2 Å². The zero-order valence-corrected chi connectivity index (χ0v) is 31.6. The lowest BCUT2D eigenvalue weighted by molar-refractivity contribution is 0.669. The predicted octanol–water partition coefficient (Wildman–Crippen LogP) is 14.9. The molecule has 1 unspecified atom stereocenters. The van der Waals surface area contributed by atoms with Crippen molar-refractivity contribution in [2.45, 2.75) is 5.41 Å². The summed E-state index contributed by atoms with van der Waals surface area (Å²) in [6.07, 6.45) is 0. The zero-order valence-electron chi connectivity index (χ0n) is 31.6. The second kappa shape index (κ2) is 12.7. The molecule has 3 nitrogen and oxygen atoms in total. The third-order valence-corrected chi connectivity index (χ3v) is 12.2. The number of benzene rings is 9. The van der Waals surface area contributed by atoms with Crippen molar-refractivity contribution in [3.8, 4) is 22.3 Å². The first kappa shape index (κ1) is 32.6. The summed E-state index contributed by atoms with van der Waals surface area (Å²) in [7, 11) is 0. The lowest BCUT2D eigenvalue weighted by Crippen LogP contribution is -2.26. The molecule has 1 atom stereocenters. The highest BCUT2D eigenvalue weighted by atomic mass is 16.3. The van der Waals surface area contributed by atoms with E-state index in [1.54, 1.807) is 0 Å². The van der Waals surface area contributed by atoms with Crippen molar-refractivity contribution < 1.29 is 4.42 Å². The molecule has 0 bridgehead atoms. The minimum atomic E-state index is -0.559. The van der Waals surface area contributed by atoms with Crippen LogP contribution in [0.2, 0.25) is 0 Å². The van der Waals surface area contributed by atoms with Crippen molar-refractivity contribution in [1.82, 2.24) is 0 Å². The second-order valence-electron chi connectivity index (χ2n) is 15.2. The van der Waals surface area contributed by atoms with Gasteiger partial charge in [0.15, 0.2) is 5.58 Å². The summed E-state index contributed by atoms with van der Waals surface area (Å²) in [4.78, 5) is 4.78. The lowest BCUT2D eigenvalue weighted by Gasteiger charge is -2.33. The molecule has 10 aromatic rings. The molecule has 272 valence electrons. The van der Waals surface area contributed by atoms with Gasteiger partial charge in [0.1, 0.15) is 5.58 Å². The fraction of sp³-hybridized carbons (Fsp3) is 0.0182. The minimum absolute atomic E-state index is 0.559. The van der Waals surface area contributed by atoms with E-state index in [-0.39, 0.29) is 0 Å². The first-order valence-corrected chi connectivity index (χ1v) is 19.9. The largest absolute Gasteiger partial charge is 0.454 e. The smallest absolute Gasteiger partial charge is 0.159 e. The molecule has 58 heavy (non-hydrogen) atoms. The summed E-state index contributed by atoms with van der Waals surface area (Å²) >= 11 is 0. The zero-order chi connectivity index (χ0) is 38.2. The Bertz CT molecular complexity index is 3150. The Labute approximate surface area is 337 Å². The monoisotopic (exact) mass is 740 g/mol. The quantitative estimate of drug-likeness (QED) is 0.169. The Morgan fingerprint density at radius 3 is 1.53 bits per heavy atom. The maximum absolute atomic E-state index is 6.70. The number of rotatable bonds is 6. The first-order valence-electron chi connectivity index (χ1n) is 19.9. The predicted molar refractivity (Wildman–Crippen MR) is 239 cm³/mol. The maximum Gasteiger partial charge on any atom is 0.159 e. The highest BCUT2D eigenvalue weighted by Gasteiger charge is 2.52. The molecule has 1 heterocycles. The van der Waals surface area contributed by atoms with Crippen LogP contribution in [-0.2, 0) is 5.41 Å². The van der Waals surface area contributed by atoms with E-state index in [1.165, 1.54) is 44.5 Å². The van der Waals surface area contributed by atoms with Crippen molar-refractivity contribution in [2.75, 3.05) is 9.80 Å². The van der Waals surface area contributed by atoms with Gasteiger partial charge in [-0.1, -0.05) is 152 Å². The maximum atomic E-state index is 6.70.